The number of aryl methyl sites for hydroxylation is 1. The van der Waals surface area contributed by atoms with Crippen molar-refractivity contribution in [2.75, 3.05) is 5.73 Å². The number of nitrogen functional groups attached to an aromatic ring is 1. The quantitative estimate of drug-likeness (QED) is 0.884. The summed E-state index contributed by atoms with van der Waals surface area (Å²) in [6, 6.07) is 1.93. The van der Waals surface area contributed by atoms with E-state index in [1.807, 2.05) is 19.2 Å². The summed E-state index contributed by atoms with van der Waals surface area (Å²) in [5, 5.41) is 0.595. The molecule has 88 valence electrons. The van der Waals surface area contributed by atoms with Gasteiger partial charge in [0.15, 0.2) is 5.13 Å². The van der Waals surface area contributed by atoms with Crippen LogP contribution in [0.3, 0.4) is 0 Å². The Balaban J connectivity index is 2.00. The molecule has 2 aromatic rings. The Labute approximate surface area is 104 Å². The Morgan fingerprint density at radius 3 is 2.76 bits per heavy atom. The molecule has 2 N–H and O–H groups in total. The van der Waals surface area contributed by atoms with E-state index in [-0.39, 0.29) is 0 Å². The molecule has 2 atom stereocenters. The van der Waals surface area contributed by atoms with Crippen LogP contribution in [-0.2, 0) is 0 Å². The van der Waals surface area contributed by atoms with Gasteiger partial charge in [-0.3, -0.25) is 0 Å². The van der Waals surface area contributed by atoms with E-state index in [4.69, 9.17) is 5.73 Å². The second kappa shape index (κ2) is 3.77. The van der Waals surface area contributed by atoms with Gasteiger partial charge in [0.1, 0.15) is 5.82 Å². The van der Waals surface area contributed by atoms with Gasteiger partial charge in [0.25, 0.3) is 0 Å². The van der Waals surface area contributed by atoms with E-state index in [9.17, 15) is 0 Å². The van der Waals surface area contributed by atoms with Crippen LogP contribution in [0.5, 0.6) is 0 Å². The molecule has 1 aliphatic rings. The van der Waals surface area contributed by atoms with Gasteiger partial charge in [-0.25, -0.2) is 15.0 Å². The van der Waals surface area contributed by atoms with E-state index < -0.39 is 0 Å². The SMILES string of the molecule is Cc1nc(N)sc1-c1ccnc([C@H]2C[C@@H]2C)n1. The molecule has 0 saturated heterocycles. The molecule has 4 nitrogen and oxygen atoms in total. The zero-order chi connectivity index (χ0) is 12.0. The summed E-state index contributed by atoms with van der Waals surface area (Å²) < 4.78 is 0. The molecule has 0 radical (unpaired) electrons. The van der Waals surface area contributed by atoms with Crippen molar-refractivity contribution in [2.45, 2.75) is 26.2 Å². The lowest BCUT2D eigenvalue weighted by molar-refractivity contribution is 0.844. The molecule has 5 heteroatoms. The minimum atomic E-state index is 0.542. The van der Waals surface area contributed by atoms with Gasteiger partial charge >= 0.3 is 0 Å². The minimum Gasteiger partial charge on any atom is -0.375 e. The van der Waals surface area contributed by atoms with Crippen molar-refractivity contribution in [1.82, 2.24) is 15.0 Å². The third-order valence-electron chi connectivity index (χ3n) is 3.16. The summed E-state index contributed by atoms with van der Waals surface area (Å²) in [7, 11) is 0. The van der Waals surface area contributed by atoms with E-state index in [0.717, 1.165) is 28.0 Å². The molecule has 0 aliphatic heterocycles. The maximum atomic E-state index is 5.71. The Morgan fingerprint density at radius 1 is 1.41 bits per heavy atom. The van der Waals surface area contributed by atoms with Crippen molar-refractivity contribution in [3.8, 4) is 10.6 Å². The molecule has 1 saturated carbocycles. The molecule has 1 fully saturated rings. The first-order valence-electron chi connectivity index (χ1n) is 5.71. The second-order valence-electron chi connectivity index (χ2n) is 4.59. The minimum absolute atomic E-state index is 0.542. The fourth-order valence-electron chi connectivity index (χ4n) is 2.02. The molecule has 2 heterocycles. The Hall–Kier alpha value is -1.49. The molecule has 0 amide bonds. The maximum absolute atomic E-state index is 5.71. The number of anilines is 1. The molecule has 0 aromatic carbocycles. The predicted molar refractivity (Wildman–Crippen MR) is 68.8 cm³/mol. The number of aromatic nitrogens is 3. The Kier molecular flexibility index (Phi) is 2.36. The van der Waals surface area contributed by atoms with E-state index in [1.165, 1.54) is 17.8 Å². The number of hydrogen-bond acceptors (Lipinski definition) is 5. The van der Waals surface area contributed by atoms with Gasteiger partial charge in [0.05, 0.1) is 16.3 Å². The highest BCUT2D eigenvalue weighted by Crippen LogP contribution is 2.45. The third kappa shape index (κ3) is 1.91. The van der Waals surface area contributed by atoms with Crippen LogP contribution in [0, 0.1) is 12.8 Å². The lowest BCUT2D eigenvalue weighted by atomic mass is 10.2. The number of nitrogens with two attached hydrogens (primary N) is 1. The van der Waals surface area contributed by atoms with Gasteiger partial charge in [0, 0.05) is 12.1 Å². The van der Waals surface area contributed by atoms with Crippen molar-refractivity contribution in [3.05, 3.63) is 23.8 Å². The lowest BCUT2D eigenvalue weighted by Crippen LogP contribution is -1.94. The maximum Gasteiger partial charge on any atom is 0.180 e. The van der Waals surface area contributed by atoms with Crippen LogP contribution in [0.15, 0.2) is 12.3 Å². The highest BCUT2D eigenvalue weighted by atomic mass is 32.1. The van der Waals surface area contributed by atoms with Crippen molar-refractivity contribution in [1.29, 1.82) is 0 Å². The summed E-state index contributed by atoms with van der Waals surface area (Å²) in [5.74, 6) is 2.22. The van der Waals surface area contributed by atoms with Gasteiger partial charge in [0.2, 0.25) is 0 Å². The Bertz CT molecular complexity index is 563. The molecule has 2 aromatic heterocycles. The van der Waals surface area contributed by atoms with Crippen LogP contribution in [-0.4, -0.2) is 15.0 Å². The van der Waals surface area contributed by atoms with Crippen LogP contribution in [0.4, 0.5) is 5.13 Å². The number of nitrogens with zero attached hydrogens (tertiary/aromatic N) is 3. The van der Waals surface area contributed by atoms with Crippen LogP contribution in [0.1, 0.15) is 30.8 Å². The molecule has 1 aliphatic carbocycles. The first-order chi connectivity index (χ1) is 8.15. The van der Waals surface area contributed by atoms with Gasteiger partial charge in [-0.2, -0.15) is 0 Å². The Morgan fingerprint density at radius 2 is 2.18 bits per heavy atom. The van der Waals surface area contributed by atoms with E-state index in [1.54, 1.807) is 0 Å². The molecule has 17 heavy (non-hydrogen) atoms. The largest absolute Gasteiger partial charge is 0.375 e. The monoisotopic (exact) mass is 246 g/mol. The van der Waals surface area contributed by atoms with Gasteiger partial charge in [-0.05, 0) is 25.3 Å². The zero-order valence-electron chi connectivity index (χ0n) is 9.84. The first-order valence-corrected chi connectivity index (χ1v) is 6.53. The number of thiazole rings is 1. The summed E-state index contributed by atoms with van der Waals surface area (Å²) in [4.78, 5) is 14.3. The topological polar surface area (TPSA) is 64.7 Å². The molecular weight excluding hydrogens is 232 g/mol. The average molecular weight is 246 g/mol. The van der Waals surface area contributed by atoms with E-state index in [0.29, 0.717) is 11.0 Å². The highest BCUT2D eigenvalue weighted by Gasteiger charge is 2.36. The molecular formula is C12H14N4S. The number of hydrogen-bond donors (Lipinski definition) is 1. The summed E-state index contributed by atoms with van der Waals surface area (Å²) in [5.41, 5.74) is 7.60. The molecule has 0 spiro atoms. The van der Waals surface area contributed by atoms with Crippen LogP contribution < -0.4 is 5.73 Å². The van der Waals surface area contributed by atoms with Crippen molar-refractivity contribution >= 4 is 16.5 Å². The van der Waals surface area contributed by atoms with E-state index >= 15 is 0 Å². The fraction of sp³-hybridized carbons (Fsp3) is 0.417. The fourth-order valence-corrected chi connectivity index (χ4v) is 2.82. The summed E-state index contributed by atoms with van der Waals surface area (Å²) in [6.45, 7) is 4.19. The standard InChI is InChI=1S/C12H14N4S/c1-6-5-8(6)11-14-4-3-9(16-11)10-7(2)15-12(13)17-10/h3-4,6,8H,5H2,1-2H3,(H2,13,15)/t6-,8-/m0/s1. The van der Waals surface area contributed by atoms with Gasteiger partial charge < -0.3 is 5.73 Å². The van der Waals surface area contributed by atoms with Crippen molar-refractivity contribution in [3.63, 3.8) is 0 Å². The van der Waals surface area contributed by atoms with E-state index in [2.05, 4.69) is 21.9 Å². The van der Waals surface area contributed by atoms with Crippen LogP contribution in [0.25, 0.3) is 10.6 Å². The molecule has 0 unspecified atom stereocenters. The lowest BCUT2D eigenvalue weighted by Gasteiger charge is -2.01. The first kappa shape index (κ1) is 10.7. The third-order valence-corrected chi connectivity index (χ3v) is 4.17. The van der Waals surface area contributed by atoms with Crippen LogP contribution in [0.2, 0.25) is 0 Å². The average Bonchev–Trinajstić information content (AvgIpc) is 2.93. The molecule has 3 rings (SSSR count). The smallest absolute Gasteiger partial charge is 0.180 e. The van der Waals surface area contributed by atoms with Crippen LogP contribution >= 0.6 is 11.3 Å². The molecule has 0 bridgehead atoms. The number of rotatable bonds is 2. The summed E-state index contributed by atoms with van der Waals surface area (Å²) in [6.07, 6.45) is 3.03. The van der Waals surface area contributed by atoms with Crippen molar-refractivity contribution in [2.24, 2.45) is 5.92 Å². The van der Waals surface area contributed by atoms with Gasteiger partial charge in [-0.1, -0.05) is 18.3 Å². The summed E-state index contributed by atoms with van der Waals surface area (Å²) >= 11 is 1.49. The van der Waals surface area contributed by atoms with Crippen molar-refractivity contribution < 1.29 is 0 Å². The zero-order valence-corrected chi connectivity index (χ0v) is 10.7. The van der Waals surface area contributed by atoms with Gasteiger partial charge in [-0.15, -0.1) is 0 Å². The normalized spacial score (nSPS) is 22.7. The predicted octanol–water partition coefficient (Wildman–Crippen LogP) is 2.61. The highest BCUT2D eigenvalue weighted by molar-refractivity contribution is 7.18. The second-order valence-corrected chi connectivity index (χ2v) is 5.62.